The number of benzene rings is 2. The zero-order valence-corrected chi connectivity index (χ0v) is 13.0. The second kappa shape index (κ2) is 5.84. The van der Waals surface area contributed by atoms with Gasteiger partial charge in [-0.3, -0.25) is 4.79 Å². The Morgan fingerprint density at radius 3 is 2.38 bits per heavy atom. The van der Waals surface area contributed by atoms with Gasteiger partial charge < -0.3 is 5.32 Å². The maximum atomic E-state index is 13.8. The summed E-state index contributed by atoms with van der Waals surface area (Å²) in [6.45, 7) is 9.17. The molecule has 2 nitrogen and oxygen atoms in total. The van der Waals surface area contributed by atoms with E-state index in [1.807, 2.05) is 6.07 Å². The van der Waals surface area contributed by atoms with Gasteiger partial charge >= 0.3 is 0 Å². The Kier molecular flexibility index (Phi) is 4.31. The van der Waals surface area contributed by atoms with E-state index in [0.717, 1.165) is 0 Å². The molecule has 0 saturated heterocycles. The predicted octanol–water partition coefficient (Wildman–Crippen LogP) is 4.39. The van der Waals surface area contributed by atoms with Crippen molar-refractivity contribution in [2.45, 2.75) is 27.7 Å². The molecule has 0 heterocycles. The minimum atomic E-state index is -0.301. The van der Waals surface area contributed by atoms with Crippen LogP contribution in [0.4, 0.5) is 4.39 Å². The molecular formula is C18H22FNO. The molecule has 2 aromatic rings. The first-order valence-corrected chi connectivity index (χ1v) is 7.26. The average Bonchev–Trinajstić information content (AvgIpc) is 2.44. The number of carbonyl (C=O) groups excluding carboxylic acids is 1. The summed E-state index contributed by atoms with van der Waals surface area (Å²) in [5, 5.41) is 4.09. The number of hydrogen-bond donors (Lipinski definition) is 1. The van der Waals surface area contributed by atoms with E-state index in [9.17, 15) is 9.18 Å². The SMILES string of the molecule is CC(CNC(=O)c1ccc(F)c2ccccc12)C(C)(C)C. The van der Waals surface area contributed by atoms with Crippen LogP contribution in [0.5, 0.6) is 0 Å². The Morgan fingerprint density at radius 2 is 1.76 bits per heavy atom. The van der Waals surface area contributed by atoms with Gasteiger partial charge in [-0.2, -0.15) is 0 Å². The molecule has 21 heavy (non-hydrogen) atoms. The van der Waals surface area contributed by atoms with Crippen molar-refractivity contribution in [2.75, 3.05) is 6.54 Å². The van der Waals surface area contributed by atoms with E-state index in [2.05, 4.69) is 33.0 Å². The number of halogens is 1. The van der Waals surface area contributed by atoms with Gasteiger partial charge in [-0.25, -0.2) is 4.39 Å². The molecule has 1 N–H and O–H groups in total. The predicted molar refractivity (Wildman–Crippen MR) is 84.9 cm³/mol. The first-order chi connectivity index (χ1) is 9.80. The molecule has 0 radical (unpaired) electrons. The summed E-state index contributed by atoms with van der Waals surface area (Å²) in [4.78, 5) is 12.4. The van der Waals surface area contributed by atoms with Crippen molar-refractivity contribution < 1.29 is 9.18 Å². The van der Waals surface area contributed by atoms with Gasteiger partial charge in [0, 0.05) is 17.5 Å². The highest BCUT2D eigenvalue weighted by Gasteiger charge is 2.21. The number of carbonyl (C=O) groups is 1. The van der Waals surface area contributed by atoms with Crippen molar-refractivity contribution in [3.8, 4) is 0 Å². The van der Waals surface area contributed by atoms with Gasteiger partial charge in [0.05, 0.1) is 0 Å². The lowest BCUT2D eigenvalue weighted by Crippen LogP contribution is -2.33. The summed E-state index contributed by atoms with van der Waals surface area (Å²) in [7, 11) is 0. The van der Waals surface area contributed by atoms with Gasteiger partial charge in [0.25, 0.3) is 5.91 Å². The third-order valence-corrected chi connectivity index (χ3v) is 4.16. The van der Waals surface area contributed by atoms with Crippen molar-refractivity contribution in [1.82, 2.24) is 5.32 Å². The fourth-order valence-electron chi connectivity index (χ4n) is 2.11. The van der Waals surface area contributed by atoms with Crippen LogP contribution >= 0.6 is 0 Å². The van der Waals surface area contributed by atoms with Crippen molar-refractivity contribution >= 4 is 16.7 Å². The molecular weight excluding hydrogens is 265 g/mol. The van der Waals surface area contributed by atoms with Gasteiger partial charge in [0.1, 0.15) is 5.82 Å². The topological polar surface area (TPSA) is 29.1 Å². The van der Waals surface area contributed by atoms with Gasteiger partial charge in [-0.05, 0) is 28.9 Å². The van der Waals surface area contributed by atoms with Gasteiger partial charge in [0.15, 0.2) is 0 Å². The lowest BCUT2D eigenvalue weighted by Gasteiger charge is -2.27. The minimum Gasteiger partial charge on any atom is -0.352 e. The third-order valence-electron chi connectivity index (χ3n) is 4.16. The number of fused-ring (bicyclic) bond motifs is 1. The Bertz CT molecular complexity index is 658. The van der Waals surface area contributed by atoms with Crippen LogP contribution in [0.3, 0.4) is 0 Å². The maximum absolute atomic E-state index is 13.8. The Hall–Kier alpha value is -1.90. The normalized spacial score (nSPS) is 13.2. The second-order valence-corrected chi connectivity index (χ2v) is 6.62. The first-order valence-electron chi connectivity index (χ1n) is 7.26. The number of hydrogen-bond acceptors (Lipinski definition) is 1. The Morgan fingerprint density at radius 1 is 1.14 bits per heavy atom. The molecule has 0 aliphatic rings. The van der Waals surface area contributed by atoms with Crippen molar-refractivity contribution in [2.24, 2.45) is 11.3 Å². The molecule has 2 rings (SSSR count). The second-order valence-electron chi connectivity index (χ2n) is 6.62. The van der Waals surface area contributed by atoms with Crippen LogP contribution in [0.1, 0.15) is 38.1 Å². The van der Waals surface area contributed by atoms with Gasteiger partial charge in [-0.15, -0.1) is 0 Å². The fourth-order valence-corrected chi connectivity index (χ4v) is 2.11. The van der Waals surface area contributed by atoms with E-state index in [4.69, 9.17) is 0 Å². The molecule has 0 spiro atoms. The molecule has 0 aromatic heterocycles. The number of nitrogens with one attached hydrogen (secondary N) is 1. The maximum Gasteiger partial charge on any atom is 0.251 e. The highest BCUT2D eigenvalue weighted by molar-refractivity contribution is 6.07. The van der Waals surface area contributed by atoms with E-state index >= 15 is 0 Å². The molecule has 0 aliphatic carbocycles. The van der Waals surface area contributed by atoms with Crippen LogP contribution in [0.25, 0.3) is 10.8 Å². The summed E-state index contributed by atoms with van der Waals surface area (Å²) in [5.74, 6) is -0.0966. The van der Waals surface area contributed by atoms with Crippen LogP contribution in [0.2, 0.25) is 0 Å². The number of rotatable bonds is 3. The highest BCUT2D eigenvalue weighted by Crippen LogP contribution is 2.25. The molecule has 112 valence electrons. The molecule has 1 atom stereocenters. The Labute approximate surface area is 125 Å². The minimum absolute atomic E-state index is 0.137. The van der Waals surface area contributed by atoms with E-state index < -0.39 is 0 Å². The molecule has 1 amide bonds. The first kappa shape index (κ1) is 15.5. The van der Waals surface area contributed by atoms with E-state index in [-0.39, 0.29) is 17.1 Å². The van der Waals surface area contributed by atoms with Crippen molar-refractivity contribution in [1.29, 1.82) is 0 Å². The van der Waals surface area contributed by atoms with Crippen LogP contribution in [-0.4, -0.2) is 12.5 Å². The fraction of sp³-hybridized carbons (Fsp3) is 0.389. The van der Waals surface area contributed by atoms with E-state index in [1.54, 1.807) is 24.3 Å². The summed E-state index contributed by atoms with van der Waals surface area (Å²) in [6.07, 6.45) is 0. The monoisotopic (exact) mass is 287 g/mol. The quantitative estimate of drug-likeness (QED) is 0.891. The summed E-state index contributed by atoms with van der Waals surface area (Å²) >= 11 is 0. The highest BCUT2D eigenvalue weighted by atomic mass is 19.1. The largest absolute Gasteiger partial charge is 0.352 e. The average molecular weight is 287 g/mol. The smallest absolute Gasteiger partial charge is 0.251 e. The lowest BCUT2D eigenvalue weighted by molar-refractivity contribution is 0.0938. The molecule has 1 unspecified atom stereocenters. The summed E-state index contributed by atoms with van der Waals surface area (Å²) < 4.78 is 13.8. The Balaban J connectivity index is 2.23. The van der Waals surface area contributed by atoms with Crippen LogP contribution in [0, 0.1) is 17.2 Å². The van der Waals surface area contributed by atoms with Crippen LogP contribution in [0.15, 0.2) is 36.4 Å². The zero-order chi connectivity index (χ0) is 15.6. The molecule has 0 saturated carbocycles. The van der Waals surface area contributed by atoms with E-state index in [0.29, 0.717) is 28.8 Å². The van der Waals surface area contributed by atoms with Gasteiger partial charge in [-0.1, -0.05) is 52.0 Å². The molecule has 2 aromatic carbocycles. The molecule has 0 aliphatic heterocycles. The standard InChI is InChI=1S/C18H22FNO/c1-12(18(2,3)4)11-20-17(21)15-9-10-16(19)14-8-6-5-7-13(14)15/h5-10,12H,11H2,1-4H3,(H,20,21). The van der Waals surface area contributed by atoms with Crippen LogP contribution in [-0.2, 0) is 0 Å². The zero-order valence-electron chi connectivity index (χ0n) is 13.0. The van der Waals surface area contributed by atoms with E-state index in [1.165, 1.54) is 6.07 Å². The summed E-state index contributed by atoms with van der Waals surface area (Å²) in [6, 6.07) is 9.96. The van der Waals surface area contributed by atoms with Gasteiger partial charge in [0.2, 0.25) is 0 Å². The summed E-state index contributed by atoms with van der Waals surface area (Å²) in [5.41, 5.74) is 0.658. The van der Waals surface area contributed by atoms with Crippen molar-refractivity contribution in [3.63, 3.8) is 0 Å². The van der Waals surface area contributed by atoms with Crippen LogP contribution < -0.4 is 5.32 Å². The molecule has 3 heteroatoms. The number of amides is 1. The lowest BCUT2D eigenvalue weighted by atomic mass is 9.82. The molecule has 0 bridgehead atoms. The molecule has 0 fully saturated rings. The van der Waals surface area contributed by atoms with Crippen molar-refractivity contribution in [3.05, 3.63) is 47.8 Å². The third kappa shape index (κ3) is 3.41.